The number of fused-ring (bicyclic) bond motifs is 1. The highest BCUT2D eigenvalue weighted by Crippen LogP contribution is 2.41. The Morgan fingerprint density at radius 1 is 1.36 bits per heavy atom. The van der Waals surface area contributed by atoms with Gasteiger partial charge in [0.15, 0.2) is 0 Å². The van der Waals surface area contributed by atoms with Crippen LogP contribution in [0.25, 0.3) is 11.1 Å². The molecular formula is C18H16FN3O3. The van der Waals surface area contributed by atoms with Crippen molar-refractivity contribution in [2.75, 3.05) is 0 Å². The maximum atomic E-state index is 13.0. The predicted molar refractivity (Wildman–Crippen MR) is 89.0 cm³/mol. The lowest BCUT2D eigenvalue weighted by molar-refractivity contribution is 0.0950. The van der Waals surface area contributed by atoms with E-state index in [9.17, 15) is 14.0 Å². The van der Waals surface area contributed by atoms with E-state index in [0.717, 1.165) is 12.0 Å². The summed E-state index contributed by atoms with van der Waals surface area (Å²) in [7, 11) is 1.57. The van der Waals surface area contributed by atoms with Gasteiger partial charge in [-0.3, -0.25) is 9.59 Å². The van der Waals surface area contributed by atoms with Crippen molar-refractivity contribution in [3.8, 4) is 0 Å². The van der Waals surface area contributed by atoms with Gasteiger partial charge in [0.25, 0.3) is 11.5 Å². The topological polar surface area (TPSA) is 77.1 Å². The Hall–Kier alpha value is -2.96. The lowest BCUT2D eigenvalue weighted by Gasteiger charge is -2.05. The number of rotatable bonds is 3. The number of amides is 1. The van der Waals surface area contributed by atoms with E-state index in [1.54, 1.807) is 26.1 Å². The number of hydrogen-bond donors (Lipinski definition) is 1. The number of carbonyl (C=O) groups is 1. The van der Waals surface area contributed by atoms with Crippen LogP contribution >= 0.6 is 0 Å². The van der Waals surface area contributed by atoms with Crippen LogP contribution < -0.4 is 10.9 Å². The summed E-state index contributed by atoms with van der Waals surface area (Å²) >= 11 is 0. The maximum Gasteiger partial charge on any atom is 0.265 e. The summed E-state index contributed by atoms with van der Waals surface area (Å²) in [6, 6.07) is 6.24. The van der Waals surface area contributed by atoms with Crippen LogP contribution in [0, 0.1) is 12.7 Å². The van der Waals surface area contributed by atoms with E-state index in [2.05, 4.69) is 10.3 Å². The summed E-state index contributed by atoms with van der Waals surface area (Å²) < 4.78 is 19.8. The number of aryl methyl sites for hydroxylation is 2. The zero-order valence-corrected chi connectivity index (χ0v) is 13.7. The molecule has 1 N–H and O–H groups in total. The van der Waals surface area contributed by atoms with Gasteiger partial charge in [-0.1, -0.05) is 12.1 Å². The molecule has 6 nitrogen and oxygen atoms in total. The molecule has 1 amide bonds. The number of furan rings is 1. The molecule has 2 atom stereocenters. The minimum Gasteiger partial charge on any atom is -0.442 e. The molecular weight excluding hydrogens is 325 g/mol. The van der Waals surface area contributed by atoms with Crippen LogP contribution in [0.15, 0.2) is 39.8 Å². The first-order valence-electron chi connectivity index (χ1n) is 7.96. The first-order chi connectivity index (χ1) is 12.0. The number of benzene rings is 1. The number of halogens is 1. The molecule has 1 fully saturated rings. The Morgan fingerprint density at radius 2 is 2.08 bits per heavy atom. The molecule has 4 rings (SSSR count). The molecule has 0 aliphatic heterocycles. The SMILES string of the molecule is Cc1oc2ncn(C)c(=O)c2c1C(=O)N[C@@H]1C[C@H]1c1ccc(F)cc1. The second-order valence-corrected chi connectivity index (χ2v) is 6.35. The highest BCUT2D eigenvalue weighted by atomic mass is 19.1. The minimum absolute atomic E-state index is 0.0390. The second kappa shape index (κ2) is 5.54. The van der Waals surface area contributed by atoms with Crippen LogP contribution in [0.1, 0.15) is 34.0 Å². The van der Waals surface area contributed by atoms with Crippen molar-refractivity contribution in [2.24, 2.45) is 7.05 Å². The van der Waals surface area contributed by atoms with E-state index >= 15 is 0 Å². The molecule has 0 radical (unpaired) electrons. The smallest absolute Gasteiger partial charge is 0.265 e. The van der Waals surface area contributed by atoms with Gasteiger partial charge in [-0.15, -0.1) is 0 Å². The molecule has 0 spiro atoms. The predicted octanol–water partition coefficient (Wildman–Crippen LogP) is 2.26. The fraction of sp³-hybridized carbons (Fsp3) is 0.278. The Bertz CT molecular complexity index is 1040. The van der Waals surface area contributed by atoms with Crippen molar-refractivity contribution < 1.29 is 13.6 Å². The third kappa shape index (κ3) is 2.61. The zero-order chi connectivity index (χ0) is 17.7. The number of carbonyl (C=O) groups excluding carboxylic acids is 1. The summed E-state index contributed by atoms with van der Waals surface area (Å²) in [5, 5.41) is 3.12. The Kier molecular flexibility index (Phi) is 3.45. The van der Waals surface area contributed by atoms with Crippen molar-refractivity contribution in [3.63, 3.8) is 0 Å². The summed E-state index contributed by atoms with van der Waals surface area (Å²) in [5.74, 6) is -0.115. The number of hydrogen-bond acceptors (Lipinski definition) is 4. The second-order valence-electron chi connectivity index (χ2n) is 6.35. The Balaban J connectivity index is 1.60. The van der Waals surface area contributed by atoms with Crippen LogP contribution in [-0.2, 0) is 7.05 Å². The van der Waals surface area contributed by atoms with Crippen molar-refractivity contribution in [1.29, 1.82) is 0 Å². The third-order valence-corrected chi connectivity index (χ3v) is 4.58. The summed E-state index contributed by atoms with van der Waals surface area (Å²) in [6.07, 6.45) is 2.14. The van der Waals surface area contributed by atoms with E-state index in [4.69, 9.17) is 4.42 Å². The summed E-state index contributed by atoms with van der Waals surface area (Å²) in [6.45, 7) is 1.64. The average Bonchev–Trinajstić information content (AvgIpc) is 3.24. The summed E-state index contributed by atoms with van der Waals surface area (Å²) in [4.78, 5) is 29.1. The van der Waals surface area contributed by atoms with Gasteiger partial charge in [0.1, 0.15) is 23.3 Å². The largest absolute Gasteiger partial charge is 0.442 e. The van der Waals surface area contributed by atoms with Crippen LogP contribution in [-0.4, -0.2) is 21.5 Å². The fourth-order valence-electron chi connectivity index (χ4n) is 3.13. The van der Waals surface area contributed by atoms with Gasteiger partial charge in [0.2, 0.25) is 5.71 Å². The molecule has 128 valence electrons. The van der Waals surface area contributed by atoms with Crippen molar-refractivity contribution in [2.45, 2.75) is 25.3 Å². The van der Waals surface area contributed by atoms with E-state index in [1.807, 2.05) is 0 Å². The Labute approximate surface area is 142 Å². The average molecular weight is 341 g/mol. The molecule has 0 saturated heterocycles. The van der Waals surface area contributed by atoms with Gasteiger partial charge in [-0.05, 0) is 31.0 Å². The maximum absolute atomic E-state index is 13.0. The third-order valence-electron chi connectivity index (χ3n) is 4.58. The summed E-state index contributed by atoms with van der Waals surface area (Å²) in [5.41, 5.74) is 1.06. The molecule has 2 aromatic heterocycles. The van der Waals surface area contributed by atoms with Crippen LogP contribution in [0.2, 0.25) is 0 Å². The molecule has 3 aromatic rings. The normalized spacial score (nSPS) is 19.2. The Morgan fingerprint density at radius 3 is 2.80 bits per heavy atom. The van der Waals surface area contributed by atoms with Gasteiger partial charge in [0.05, 0.1) is 5.56 Å². The quantitative estimate of drug-likeness (QED) is 0.793. The van der Waals surface area contributed by atoms with Gasteiger partial charge in [0, 0.05) is 19.0 Å². The monoisotopic (exact) mass is 341 g/mol. The van der Waals surface area contributed by atoms with Crippen LogP contribution in [0.5, 0.6) is 0 Å². The highest BCUT2D eigenvalue weighted by Gasteiger charge is 2.40. The highest BCUT2D eigenvalue weighted by molar-refractivity contribution is 6.06. The fourth-order valence-corrected chi connectivity index (χ4v) is 3.13. The van der Waals surface area contributed by atoms with E-state index in [0.29, 0.717) is 5.76 Å². The number of nitrogens with one attached hydrogen (secondary N) is 1. The van der Waals surface area contributed by atoms with E-state index < -0.39 is 0 Å². The molecule has 1 aromatic carbocycles. The van der Waals surface area contributed by atoms with Crippen LogP contribution in [0.4, 0.5) is 4.39 Å². The van der Waals surface area contributed by atoms with Crippen molar-refractivity contribution in [3.05, 3.63) is 63.7 Å². The van der Waals surface area contributed by atoms with Gasteiger partial charge in [-0.25, -0.2) is 9.37 Å². The van der Waals surface area contributed by atoms with Crippen molar-refractivity contribution >= 4 is 17.0 Å². The molecule has 1 saturated carbocycles. The molecule has 0 bridgehead atoms. The standard InChI is InChI=1S/C18H16FN3O3/c1-9-14(15-17(25-9)20-8-22(2)18(15)24)16(23)21-13-7-12(13)10-3-5-11(19)6-4-10/h3-6,8,12-13H,7H2,1-2H3,(H,21,23)/t12-,13+/m0/s1. The van der Waals surface area contributed by atoms with Crippen LogP contribution in [0.3, 0.4) is 0 Å². The van der Waals surface area contributed by atoms with Gasteiger partial charge < -0.3 is 14.3 Å². The molecule has 1 aliphatic rings. The van der Waals surface area contributed by atoms with E-state index in [-0.39, 0.29) is 45.9 Å². The van der Waals surface area contributed by atoms with Gasteiger partial charge in [-0.2, -0.15) is 0 Å². The molecule has 0 unspecified atom stereocenters. The minimum atomic E-state index is -0.351. The zero-order valence-electron chi connectivity index (χ0n) is 13.7. The number of nitrogens with zero attached hydrogens (tertiary/aromatic N) is 2. The van der Waals surface area contributed by atoms with Crippen molar-refractivity contribution in [1.82, 2.24) is 14.9 Å². The lowest BCUT2D eigenvalue weighted by atomic mass is 10.1. The first kappa shape index (κ1) is 15.6. The molecule has 7 heteroatoms. The number of aromatic nitrogens is 2. The lowest BCUT2D eigenvalue weighted by Crippen LogP contribution is -2.28. The van der Waals surface area contributed by atoms with E-state index in [1.165, 1.54) is 23.0 Å². The van der Waals surface area contributed by atoms with Gasteiger partial charge >= 0.3 is 0 Å². The molecule has 2 heterocycles. The molecule has 1 aliphatic carbocycles. The molecule has 25 heavy (non-hydrogen) atoms. The first-order valence-corrected chi connectivity index (χ1v) is 7.96.